The van der Waals surface area contributed by atoms with Crippen molar-refractivity contribution >= 4 is 17.7 Å². The second-order valence-electron chi connectivity index (χ2n) is 4.77. The molecule has 0 aliphatic rings. The smallest absolute Gasteiger partial charge is 0.248 e. The van der Waals surface area contributed by atoms with Gasteiger partial charge in [0.15, 0.2) is 0 Å². The third-order valence-electron chi connectivity index (χ3n) is 3.01. The van der Waals surface area contributed by atoms with Crippen molar-refractivity contribution in [2.75, 3.05) is 5.32 Å². The van der Waals surface area contributed by atoms with Crippen molar-refractivity contribution in [3.05, 3.63) is 71.3 Å². The second kappa shape index (κ2) is 7.06. The fraction of sp³-hybridized carbons (Fsp3) is 0.111. The van der Waals surface area contributed by atoms with Crippen molar-refractivity contribution in [1.82, 2.24) is 0 Å². The molecule has 0 fully saturated rings. The van der Waals surface area contributed by atoms with Crippen LogP contribution in [-0.4, -0.2) is 5.91 Å². The van der Waals surface area contributed by atoms with Crippen LogP contribution in [0.15, 0.2) is 54.6 Å². The fourth-order valence-corrected chi connectivity index (χ4v) is 1.83. The fourth-order valence-electron chi connectivity index (χ4n) is 1.83. The molecule has 0 unspecified atom stereocenters. The molecule has 3 nitrogen and oxygen atoms in total. The molecule has 2 aromatic rings. The first-order valence-corrected chi connectivity index (χ1v) is 6.69. The second-order valence-corrected chi connectivity index (χ2v) is 4.77. The Balaban J connectivity index is 1.95. The zero-order valence-corrected chi connectivity index (χ0v) is 11.8. The Hall–Kier alpha value is -2.86. The van der Waals surface area contributed by atoms with Gasteiger partial charge in [0, 0.05) is 11.8 Å². The number of aryl methyl sites for hydroxylation is 1. The highest BCUT2D eigenvalue weighted by Gasteiger charge is 1.98. The molecule has 0 saturated heterocycles. The van der Waals surface area contributed by atoms with E-state index in [1.54, 1.807) is 18.2 Å². The topological polar surface area (TPSA) is 52.9 Å². The van der Waals surface area contributed by atoms with Crippen LogP contribution in [0.3, 0.4) is 0 Å². The standard InChI is InChI=1S/C18H16N2O/c1-14-2-4-15(5-3-14)8-11-18(21)20-17-9-6-16(7-10-17)12-13-19/h2-11H,12H2,1H3,(H,20,21)/b11-8+. The SMILES string of the molecule is Cc1ccc(/C=C/C(=O)Nc2ccc(CC#N)cc2)cc1. The summed E-state index contributed by atoms with van der Waals surface area (Å²) in [5, 5.41) is 11.4. The first kappa shape index (κ1) is 14.5. The Bertz CT molecular complexity index is 677. The molecule has 0 spiro atoms. The largest absolute Gasteiger partial charge is 0.323 e. The Morgan fingerprint density at radius 3 is 2.43 bits per heavy atom. The van der Waals surface area contributed by atoms with Gasteiger partial charge < -0.3 is 5.32 Å². The van der Waals surface area contributed by atoms with E-state index in [2.05, 4.69) is 11.4 Å². The molecule has 0 heterocycles. The van der Waals surface area contributed by atoms with E-state index in [0.717, 1.165) is 16.8 Å². The Labute approximate surface area is 124 Å². The summed E-state index contributed by atoms with van der Waals surface area (Å²) in [7, 11) is 0. The highest BCUT2D eigenvalue weighted by atomic mass is 16.1. The predicted octanol–water partition coefficient (Wildman–Crippen LogP) is 3.71. The number of hydrogen-bond donors (Lipinski definition) is 1. The number of rotatable bonds is 4. The maximum Gasteiger partial charge on any atom is 0.248 e. The molecule has 0 saturated carbocycles. The molecule has 21 heavy (non-hydrogen) atoms. The zero-order chi connectivity index (χ0) is 15.1. The van der Waals surface area contributed by atoms with Gasteiger partial charge in [-0.05, 0) is 36.3 Å². The predicted molar refractivity (Wildman–Crippen MR) is 84.6 cm³/mol. The molecule has 0 bridgehead atoms. The molecule has 2 rings (SSSR count). The molecular weight excluding hydrogens is 260 g/mol. The number of benzene rings is 2. The van der Waals surface area contributed by atoms with Gasteiger partial charge in [-0.15, -0.1) is 0 Å². The number of anilines is 1. The Kier molecular flexibility index (Phi) is 4.89. The third kappa shape index (κ3) is 4.63. The molecule has 0 radical (unpaired) electrons. The van der Waals surface area contributed by atoms with Gasteiger partial charge in [0.25, 0.3) is 0 Å². The van der Waals surface area contributed by atoms with Gasteiger partial charge >= 0.3 is 0 Å². The number of carbonyl (C=O) groups is 1. The first-order chi connectivity index (χ1) is 10.2. The van der Waals surface area contributed by atoms with Gasteiger partial charge in [0.1, 0.15) is 0 Å². The van der Waals surface area contributed by atoms with Crippen molar-refractivity contribution in [3.63, 3.8) is 0 Å². The lowest BCUT2D eigenvalue weighted by atomic mass is 10.1. The van der Waals surface area contributed by atoms with Gasteiger partial charge in [-0.1, -0.05) is 42.0 Å². The van der Waals surface area contributed by atoms with Crippen molar-refractivity contribution < 1.29 is 4.79 Å². The van der Waals surface area contributed by atoms with Gasteiger partial charge in [0.05, 0.1) is 12.5 Å². The molecule has 3 heteroatoms. The molecule has 1 amide bonds. The summed E-state index contributed by atoms with van der Waals surface area (Å²) in [5.74, 6) is -0.177. The van der Waals surface area contributed by atoms with Crippen LogP contribution in [0.1, 0.15) is 16.7 Å². The van der Waals surface area contributed by atoms with E-state index in [1.165, 1.54) is 11.6 Å². The summed E-state index contributed by atoms with van der Waals surface area (Å²) in [6.07, 6.45) is 3.66. The molecule has 104 valence electrons. The van der Waals surface area contributed by atoms with Crippen LogP contribution in [0.2, 0.25) is 0 Å². The van der Waals surface area contributed by atoms with E-state index in [9.17, 15) is 4.79 Å². The first-order valence-electron chi connectivity index (χ1n) is 6.69. The lowest BCUT2D eigenvalue weighted by molar-refractivity contribution is -0.111. The van der Waals surface area contributed by atoms with Crippen LogP contribution in [-0.2, 0) is 11.2 Å². The van der Waals surface area contributed by atoms with Crippen LogP contribution in [0.25, 0.3) is 6.08 Å². The normalized spacial score (nSPS) is 10.3. The number of carbonyl (C=O) groups excluding carboxylic acids is 1. The molecule has 0 aliphatic heterocycles. The number of nitriles is 1. The van der Waals surface area contributed by atoms with Crippen molar-refractivity contribution in [2.24, 2.45) is 0 Å². The minimum atomic E-state index is -0.177. The molecular formula is C18H16N2O. The van der Waals surface area contributed by atoms with Gasteiger partial charge in [-0.3, -0.25) is 4.79 Å². The number of nitrogens with one attached hydrogen (secondary N) is 1. The van der Waals surface area contributed by atoms with E-state index in [1.807, 2.05) is 43.3 Å². The maximum absolute atomic E-state index is 11.8. The van der Waals surface area contributed by atoms with Crippen LogP contribution >= 0.6 is 0 Å². The van der Waals surface area contributed by atoms with Crippen LogP contribution in [0, 0.1) is 18.3 Å². The van der Waals surface area contributed by atoms with Gasteiger partial charge in [-0.2, -0.15) is 5.26 Å². The summed E-state index contributed by atoms with van der Waals surface area (Å²) in [5.41, 5.74) is 3.83. The molecule has 0 aliphatic carbocycles. The van der Waals surface area contributed by atoms with Crippen LogP contribution < -0.4 is 5.32 Å². The number of hydrogen-bond acceptors (Lipinski definition) is 2. The summed E-state index contributed by atoms with van der Waals surface area (Å²) in [6.45, 7) is 2.02. The molecule has 1 N–H and O–H groups in total. The van der Waals surface area contributed by atoms with Crippen LogP contribution in [0.5, 0.6) is 0 Å². The Morgan fingerprint density at radius 2 is 1.81 bits per heavy atom. The van der Waals surface area contributed by atoms with Crippen LogP contribution in [0.4, 0.5) is 5.69 Å². The van der Waals surface area contributed by atoms with Crippen molar-refractivity contribution in [1.29, 1.82) is 5.26 Å². The molecule has 2 aromatic carbocycles. The molecule has 0 aromatic heterocycles. The highest BCUT2D eigenvalue weighted by molar-refractivity contribution is 6.01. The van der Waals surface area contributed by atoms with Gasteiger partial charge in [0.2, 0.25) is 5.91 Å². The summed E-state index contributed by atoms with van der Waals surface area (Å²) >= 11 is 0. The number of amides is 1. The van der Waals surface area contributed by atoms with E-state index in [4.69, 9.17) is 5.26 Å². The summed E-state index contributed by atoms with van der Waals surface area (Å²) in [6, 6.07) is 17.3. The molecule has 0 atom stereocenters. The average Bonchev–Trinajstić information content (AvgIpc) is 2.49. The quantitative estimate of drug-likeness (QED) is 0.865. The minimum Gasteiger partial charge on any atom is -0.323 e. The highest BCUT2D eigenvalue weighted by Crippen LogP contribution is 2.10. The number of nitrogens with zero attached hydrogens (tertiary/aromatic N) is 1. The van der Waals surface area contributed by atoms with E-state index < -0.39 is 0 Å². The summed E-state index contributed by atoms with van der Waals surface area (Å²) < 4.78 is 0. The monoisotopic (exact) mass is 276 g/mol. The summed E-state index contributed by atoms with van der Waals surface area (Å²) in [4.78, 5) is 11.8. The Morgan fingerprint density at radius 1 is 1.14 bits per heavy atom. The van der Waals surface area contributed by atoms with Crippen molar-refractivity contribution in [2.45, 2.75) is 13.3 Å². The van der Waals surface area contributed by atoms with E-state index >= 15 is 0 Å². The maximum atomic E-state index is 11.8. The third-order valence-corrected chi connectivity index (χ3v) is 3.01. The zero-order valence-electron chi connectivity index (χ0n) is 11.8. The lowest BCUT2D eigenvalue weighted by Gasteiger charge is -2.02. The average molecular weight is 276 g/mol. The van der Waals surface area contributed by atoms with E-state index in [0.29, 0.717) is 6.42 Å². The lowest BCUT2D eigenvalue weighted by Crippen LogP contribution is -2.07. The van der Waals surface area contributed by atoms with Crippen molar-refractivity contribution in [3.8, 4) is 6.07 Å². The van der Waals surface area contributed by atoms with E-state index in [-0.39, 0.29) is 5.91 Å². The minimum absolute atomic E-state index is 0.177. The van der Waals surface area contributed by atoms with Gasteiger partial charge in [-0.25, -0.2) is 0 Å².